The van der Waals surface area contributed by atoms with Gasteiger partial charge < -0.3 is 19.4 Å². The molecule has 0 radical (unpaired) electrons. The maximum absolute atomic E-state index is 10.8. The summed E-state index contributed by atoms with van der Waals surface area (Å²) in [6.45, 7) is 4.61. The minimum atomic E-state index is -0.754. The highest BCUT2D eigenvalue weighted by molar-refractivity contribution is 5.51. The highest BCUT2D eigenvalue weighted by atomic mass is 16.5. The summed E-state index contributed by atoms with van der Waals surface area (Å²) in [4.78, 5) is 10.8. The molecule has 1 aromatic rings. The lowest BCUT2D eigenvalue weighted by Crippen LogP contribution is -2.31. The van der Waals surface area contributed by atoms with Gasteiger partial charge in [0.2, 0.25) is 0 Å². The van der Waals surface area contributed by atoms with E-state index >= 15 is 0 Å². The van der Waals surface area contributed by atoms with Gasteiger partial charge in [-0.1, -0.05) is 19.9 Å². The second-order valence-electron chi connectivity index (χ2n) is 5.77. The summed E-state index contributed by atoms with van der Waals surface area (Å²) in [5.41, 5.74) is 0.681. The number of methoxy groups -OCH3 is 1. The number of rotatable bonds is 10. The minimum absolute atomic E-state index is 0.0410. The van der Waals surface area contributed by atoms with Crippen molar-refractivity contribution in [1.82, 2.24) is 0 Å². The molecule has 0 fully saturated rings. The van der Waals surface area contributed by atoms with Crippen LogP contribution < -0.4 is 4.74 Å². The highest BCUT2D eigenvalue weighted by Crippen LogP contribution is 2.38. The van der Waals surface area contributed by atoms with Gasteiger partial charge in [-0.2, -0.15) is 5.26 Å². The summed E-state index contributed by atoms with van der Waals surface area (Å²) >= 11 is 0. The molecule has 0 heterocycles. The van der Waals surface area contributed by atoms with E-state index in [1.165, 1.54) is 0 Å². The third-order valence-corrected chi connectivity index (χ3v) is 4.13. The predicted octanol–water partition coefficient (Wildman–Crippen LogP) is 2.60. The number of ether oxygens (including phenoxy) is 2. The van der Waals surface area contributed by atoms with E-state index < -0.39 is 5.41 Å². The lowest BCUT2D eigenvalue weighted by molar-refractivity contribution is -0.108. The molecule has 5 nitrogen and oxygen atoms in total. The third-order valence-electron chi connectivity index (χ3n) is 4.13. The van der Waals surface area contributed by atoms with Gasteiger partial charge in [-0.25, -0.2) is 0 Å². The van der Waals surface area contributed by atoms with Crippen molar-refractivity contribution in [3.05, 3.63) is 29.3 Å². The topological polar surface area (TPSA) is 79.5 Å². The van der Waals surface area contributed by atoms with Gasteiger partial charge in [-0.15, -0.1) is 0 Å². The molecule has 1 aromatic carbocycles. The van der Waals surface area contributed by atoms with E-state index in [4.69, 9.17) is 9.47 Å². The minimum Gasteiger partial charge on any atom is -0.491 e. The molecule has 0 aromatic heterocycles. The van der Waals surface area contributed by atoms with Crippen molar-refractivity contribution in [2.75, 3.05) is 20.3 Å². The molecule has 0 aliphatic rings. The molecular formula is C18H25NO4. The number of carbonyl (C=O) groups excluding carboxylic acids is 1. The SMILES string of the molecule is COCCOc1ccc(C(C#N)(CCC=O)C(C)C)cc1CO. The first-order valence-corrected chi connectivity index (χ1v) is 7.76. The van der Waals surface area contributed by atoms with E-state index in [9.17, 15) is 15.2 Å². The number of benzene rings is 1. The van der Waals surface area contributed by atoms with Crippen LogP contribution in [0, 0.1) is 17.2 Å². The van der Waals surface area contributed by atoms with E-state index in [0.29, 0.717) is 37.4 Å². The molecule has 0 saturated carbocycles. The van der Waals surface area contributed by atoms with Crippen molar-refractivity contribution in [2.45, 2.75) is 38.7 Å². The molecule has 5 heteroatoms. The third kappa shape index (κ3) is 4.54. The van der Waals surface area contributed by atoms with Gasteiger partial charge in [0.1, 0.15) is 18.6 Å². The van der Waals surface area contributed by atoms with Gasteiger partial charge in [0.05, 0.1) is 24.7 Å². The fraction of sp³-hybridized carbons (Fsp3) is 0.556. The Morgan fingerprint density at radius 2 is 2.13 bits per heavy atom. The molecule has 0 aliphatic carbocycles. The Balaban J connectivity index is 3.18. The van der Waals surface area contributed by atoms with Gasteiger partial charge in [0.25, 0.3) is 0 Å². The number of aliphatic hydroxyl groups is 1. The van der Waals surface area contributed by atoms with Gasteiger partial charge in [0, 0.05) is 19.1 Å². The van der Waals surface area contributed by atoms with E-state index in [0.717, 1.165) is 11.8 Å². The summed E-state index contributed by atoms with van der Waals surface area (Å²) in [5, 5.41) is 19.4. The fourth-order valence-corrected chi connectivity index (χ4v) is 2.66. The molecule has 0 amide bonds. The molecular weight excluding hydrogens is 294 g/mol. The van der Waals surface area contributed by atoms with Crippen LogP contribution in [0.15, 0.2) is 18.2 Å². The number of hydrogen-bond donors (Lipinski definition) is 1. The maximum Gasteiger partial charge on any atom is 0.124 e. The summed E-state index contributed by atoms with van der Waals surface area (Å²) < 4.78 is 10.5. The molecule has 1 N–H and O–H groups in total. The quantitative estimate of drug-likeness (QED) is 0.530. The molecule has 1 atom stereocenters. The second-order valence-corrected chi connectivity index (χ2v) is 5.77. The summed E-state index contributed by atoms with van der Waals surface area (Å²) in [6, 6.07) is 7.80. The maximum atomic E-state index is 10.8. The van der Waals surface area contributed by atoms with Gasteiger partial charge in [-0.3, -0.25) is 0 Å². The smallest absolute Gasteiger partial charge is 0.124 e. The molecule has 23 heavy (non-hydrogen) atoms. The molecule has 1 unspecified atom stereocenters. The van der Waals surface area contributed by atoms with E-state index in [-0.39, 0.29) is 12.5 Å². The fourth-order valence-electron chi connectivity index (χ4n) is 2.66. The largest absolute Gasteiger partial charge is 0.491 e. The predicted molar refractivity (Wildman–Crippen MR) is 87.2 cm³/mol. The molecule has 126 valence electrons. The lowest BCUT2D eigenvalue weighted by Gasteiger charge is -2.31. The zero-order valence-corrected chi connectivity index (χ0v) is 14.0. The number of aliphatic hydroxyl groups excluding tert-OH is 1. The molecule has 1 rings (SSSR count). The van der Waals surface area contributed by atoms with Gasteiger partial charge in [-0.05, 0) is 30.0 Å². The second kappa shape index (κ2) is 9.29. The van der Waals surface area contributed by atoms with Crippen molar-refractivity contribution < 1.29 is 19.4 Å². The van der Waals surface area contributed by atoms with Crippen LogP contribution in [-0.2, 0) is 21.6 Å². The lowest BCUT2D eigenvalue weighted by atomic mass is 9.69. The number of nitrogens with zero attached hydrogens (tertiary/aromatic N) is 1. The van der Waals surface area contributed by atoms with Crippen LogP contribution in [0.2, 0.25) is 0 Å². The number of hydrogen-bond acceptors (Lipinski definition) is 5. The first-order valence-electron chi connectivity index (χ1n) is 7.76. The van der Waals surface area contributed by atoms with Crippen LogP contribution in [-0.4, -0.2) is 31.7 Å². The van der Waals surface area contributed by atoms with Crippen molar-refractivity contribution >= 4 is 6.29 Å². The van der Waals surface area contributed by atoms with E-state index in [1.807, 2.05) is 19.9 Å². The molecule has 0 aliphatic heterocycles. The Morgan fingerprint density at radius 3 is 2.65 bits per heavy atom. The summed E-state index contributed by atoms with van der Waals surface area (Å²) in [6.07, 6.45) is 1.62. The first-order chi connectivity index (χ1) is 11.1. The van der Waals surface area contributed by atoms with Crippen molar-refractivity contribution in [3.63, 3.8) is 0 Å². The average molecular weight is 319 g/mol. The van der Waals surface area contributed by atoms with Crippen molar-refractivity contribution in [3.8, 4) is 11.8 Å². The molecule has 0 saturated heterocycles. The zero-order chi connectivity index (χ0) is 17.3. The van der Waals surface area contributed by atoms with Gasteiger partial charge >= 0.3 is 0 Å². The zero-order valence-electron chi connectivity index (χ0n) is 14.0. The number of aldehydes is 1. The Kier molecular flexibility index (Phi) is 7.73. The number of nitriles is 1. The Labute approximate surface area is 137 Å². The standard InChI is InChI=1S/C18H25NO4/c1-14(2)18(13-19,7-4-8-20)16-5-6-17(15(11-16)12-21)23-10-9-22-3/h5-6,8,11,14,21H,4,7,9-10,12H2,1-3H3. The van der Waals surface area contributed by atoms with E-state index in [1.54, 1.807) is 19.2 Å². The van der Waals surface area contributed by atoms with Gasteiger partial charge in [0.15, 0.2) is 0 Å². The van der Waals surface area contributed by atoms with Crippen LogP contribution in [0.3, 0.4) is 0 Å². The normalized spacial score (nSPS) is 13.4. The Bertz CT molecular complexity index is 550. The molecule has 0 bridgehead atoms. The van der Waals surface area contributed by atoms with Crippen LogP contribution in [0.4, 0.5) is 0 Å². The Morgan fingerprint density at radius 1 is 1.39 bits per heavy atom. The first kappa shape index (κ1) is 19.1. The summed E-state index contributed by atoms with van der Waals surface area (Å²) in [5.74, 6) is 0.624. The van der Waals surface area contributed by atoms with Crippen LogP contribution in [0.1, 0.15) is 37.8 Å². The van der Waals surface area contributed by atoms with Crippen molar-refractivity contribution in [1.29, 1.82) is 5.26 Å². The number of carbonyl (C=O) groups is 1. The van der Waals surface area contributed by atoms with E-state index in [2.05, 4.69) is 6.07 Å². The Hall–Kier alpha value is -1.90. The monoisotopic (exact) mass is 319 g/mol. The van der Waals surface area contributed by atoms with Crippen molar-refractivity contribution in [2.24, 2.45) is 5.92 Å². The molecule has 0 spiro atoms. The summed E-state index contributed by atoms with van der Waals surface area (Å²) in [7, 11) is 1.59. The average Bonchev–Trinajstić information content (AvgIpc) is 2.56. The highest BCUT2D eigenvalue weighted by Gasteiger charge is 2.36. The van der Waals surface area contributed by atoms with Crippen LogP contribution in [0.5, 0.6) is 5.75 Å². The van der Waals surface area contributed by atoms with Crippen LogP contribution in [0.25, 0.3) is 0 Å². The van der Waals surface area contributed by atoms with Crippen LogP contribution >= 0.6 is 0 Å².